The first-order valence-electron chi connectivity index (χ1n) is 8.02. The van der Waals surface area contributed by atoms with Gasteiger partial charge in [-0.15, -0.1) is 0 Å². The van der Waals surface area contributed by atoms with E-state index in [1.54, 1.807) is 0 Å². The Balaban J connectivity index is 2.53. The molecule has 1 rings (SSSR count). The number of alkyl halides is 3. The van der Waals surface area contributed by atoms with Gasteiger partial charge in [-0.2, -0.15) is 0 Å². The number of hydrogen-bond acceptors (Lipinski definition) is 2. The smallest absolute Gasteiger partial charge is 0.228 e. The summed E-state index contributed by atoms with van der Waals surface area (Å²) in [6, 6.07) is 7.68. The van der Waals surface area contributed by atoms with Crippen LogP contribution in [0.2, 0.25) is 0 Å². The van der Waals surface area contributed by atoms with Crippen molar-refractivity contribution >= 4 is 46.4 Å². The van der Waals surface area contributed by atoms with Crippen LogP contribution in [-0.4, -0.2) is 15.9 Å². The van der Waals surface area contributed by atoms with Gasteiger partial charge in [-0.25, -0.2) is 0 Å². The van der Waals surface area contributed by atoms with E-state index in [0.29, 0.717) is 6.42 Å². The molecule has 0 saturated heterocycles. The Hall–Kier alpha value is -0.640. The lowest BCUT2D eigenvalue weighted by Crippen LogP contribution is -2.49. The molecule has 0 radical (unpaired) electrons. The van der Waals surface area contributed by atoms with E-state index in [0.717, 1.165) is 30.5 Å². The second kappa shape index (κ2) is 10.3. The Morgan fingerprint density at radius 3 is 2.48 bits per heavy atom. The van der Waals surface area contributed by atoms with Crippen molar-refractivity contribution in [3.8, 4) is 0 Å². The van der Waals surface area contributed by atoms with Crippen LogP contribution in [0.15, 0.2) is 24.3 Å². The van der Waals surface area contributed by atoms with Crippen molar-refractivity contribution in [2.45, 2.75) is 62.3 Å². The summed E-state index contributed by atoms with van der Waals surface area (Å²) in [5.74, 6) is -0.113. The minimum absolute atomic E-state index is 0.113. The van der Waals surface area contributed by atoms with Crippen molar-refractivity contribution < 1.29 is 4.79 Å². The number of halogens is 3. The van der Waals surface area contributed by atoms with Gasteiger partial charge in [0.15, 0.2) is 0 Å². The molecule has 1 aromatic carbocycles. The number of amides is 1. The van der Waals surface area contributed by atoms with Crippen LogP contribution in [0.3, 0.4) is 0 Å². The first-order valence-corrected chi connectivity index (χ1v) is 9.15. The molecule has 6 heteroatoms. The number of anilines is 1. The number of rotatable bonds is 9. The molecule has 1 unspecified atom stereocenters. The van der Waals surface area contributed by atoms with Gasteiger partial charge >= 0.3 is 0 Å². The van der Waals surface area contributed by atoms with E-state index in [-0.39, 0.29) is 5.91 Å². The molecule has 1 aromatic rings. The third-order valence-corrected chi connectivity index (χ3v) is 4.12. The highest BCUT2D eigenvalue weighted by Gasteiger charge is 2.33. The van der Waals surface area contributed by atoms with Gasteiger partial charge in [0, 0.05) is 12.1 Å². The van der Waals surface area contributed by atoms with Gasteiger partial charge in [-0.1, -0.05) is 79.5 Å². The third kappa shape index (κ3) is 8.69. The molecule has 0 bridgehead atoms. The minimum Gasteiger partial charge on any atom is -0.362 e. The highest BCUT2D eigenvalue weighted by molar-refractivity contribution is 6.68. The van der Waals surface area contributed by atoms with E-state index in [4.69, 9.17) is 34.8 Å². The average molecular weight is 380 g/mol. The molecule has 1 atom stereocenters. The SMILES string of the molecule is CCCCCCCC(=O)NC(Nc1cccc(C)c1)C(Cl)(Cl)Cl. The number of aryl methyl sites for hydroxylation is 1. The molecule has 0 aromatic heterocycles. The maximum Gasteiger partial charge on any atom is 0.228 e. The van der Waals surface area contributed by atoms with Gasteiger partial charge in [-0.3, -0.25) is 4.79 Å². The summed E-state index contributed by atoms with van der Waals surface area (Å²) in [5.41, 5.74) is 1.88. The number of benzene rings is 1. The van der Waals surface area contributed by atoms with Crippen molar-refractivity contribution in [1.82, 2.24) is 5.32 Å². The number of hydrogen-bond donors (Lipinski definition) is 2. The third-order valence-electron chi connectivity index (χ3n) is 3.47. The summed E-state index contributed by atoms with van der Waals surface area (Å²) in [5, 5.41) is 5.84. The lowest BCUT2D eigenvalue weighted by Gasteiger charge is -2.27. The molecule has 0 heterocycles. The van der Waals surface area contributed by atoms with E-state index in [1.807, 2.05) is 31.2 Å². The predicted molar refractivity (Wildman–Crippen MR) is 100 cm³/mol. The Bertz CT molecular complexity index is 489. The number of unbranched alkanes of at least 4 members (excludes halogenated alkanes) is 4. The average Bonchev–Trinajstić information content (AvgIpc) is 2.45. The van der Waals surface area contributed by atoms with Crippen LogP contribution in [0.5, 0.6) is 0 Å². The van der Waals surface area contributed by atoms with Crippen LogP contribution in [-0.2, 0) is 4.79 Å². The fraction of sp³-hybridized carbons (Fsp3) is 0.588. The molecular weight excluding hydrogens is 355 g/mol. The second-order valence-electron chi connectivity index (χ2n) is 5.72. The van der Waals surface area contributed by atoms with Crippen molar-refractivity contribution in [3.63, 3.8) is 0 Å². The van der Waals surface area contributed by atoms with E-state index >= 15 is 0 Å². The maximum atomic E-state index is 12.1. The molecule has 0 aliphatic heterocycles. The zero-order chi connectivity index (χ0) is 17.3. The van der Waals surface area contributed by atoms with Crippen molar-refractivity contribution in [2.75, 3.05) is 5.32 Å². The van der Waals surface area contributed by atoms with Gasteiger partial charge in [0.1, 0.15) is 6.17 Å². The molecule has 130 valence electrons. The quantitative estimate of drug-likeness (QED) is 0.334. The second-order valence-corrected chi connectivity index (χ2v) is 8.09. The fourth-order valence-electron chi connectivity index (χ4n) is 2.22. The van der Waals surface area contributed by atoms with Crippen LogP contribution in [0.4, 0.5) is 5.69 Å². The first kappa shape index (κ1) is 20.4. The molecule has 0 aliphatic rings. The molecular formula is C17H25Cl3N2O. The number of nitrogens with one attached hydrogen (secondary N) is 2. The first-order chi connectivity index (χ1) is 10.8. The van der Waals surface area contributed by atoms with Crippen molar-refractivity contribution in [1.29, 1.82) is 0 Å². The lowest BCUT2D eigenvalue weighted by atomic mass is 10.1. The molecule has 3 nitrogen and oxygen atoms in total. The topological polar surface area (TPSA) is 41.1 Å². The monoisotopic (exact) mass is 378 g/mol. The molecule has 1 amide bonds. The predicted octanol–water partition coefficient (Wildman–Crippen LogP) is 5.58. The summed E-state index contributed by atoms with van der Waals surface area (Å²) >= 11 is 18.0. The van der Waals surface area contributed by atoms with Crippen LogP contribution in [0.25, 0.3) is 0 Å². The van der Waals surface area contributed by atoms with Gasteiger partial charge in [0.05, 0.1) is 0 Å². The summed E-state index contributed by atoms with van der Waals surface area (Å²) in [7, 11) is 0. The lowest BCUT2D eigenvalue weighted by molar-refractivity contribution is -0.121. The van der Waals surface area contributed by atoms with Crippen molar-refractivity contribution in [3.05, 3.63) is 29.8 Å². The maximum absolute atomic E-state index is 12.1. The molecule has 0 aliphatic carbocycles. The van der Waals surface area contributed by atoms with E-state index in [9.17, 15) is 4.79 Å². The number of carbonyl (C=O) groups is 1. The summed E-state index contributed by atoms with van der Waals surface area (Å²) in [6.45, 7) is 4.14. The van der Waals surface area contributed by atoms with E-state index in [2.05, 4.69) is 17.6 Å². The van der Waals surface area contributed by atoms with Gasteiger partial charge in [0.25, 0.3) is 0 Å². The highest BCUT2D eigenvalue weighted by atomic mass is 35.6. The minimum atomic E-state index is -1.64. The summed E-state index contributed by atoms with van der Waals surface area (Å²) in [4.78, 5) is 12.1. The molecule has 0 saturated carbocycles. The Morgan fingerprint density at radius 2 is 1.87 bits per heavy atom. The van der Waals surface area contributed by atoms with Crippen LogP contribution in [0.1, 0.15) is 51.0 Å². The van der Waals surface area contributed by atoms with Gasteiger partial charge in [0.2, 0.25) is 9.70 Å². The summed E-state index contributed by atoms with van der Waals surface area (Å²) < 4.78 is -1.64. The standard InChI is InChI=1S/C17H25Cl3N2O/c1-3-4-5-6-7-11-15(23)22-16(17(18,19)20)21-14-10-8-9-13(2)12-14/h8-10,12,16,21H,3-7,11H2,1-2H3,(H,22,23). The van der Waals surface area contributed by atoms with E-state index < -0.39 is 9.96 Å². The normalized spacial score (nSPS) is 12.7. The summed E-state index contributed by atoms with van der Waals surface area (Å²) in [6.07, 6.45) is 5.09. The largest absolute Gasteiger partial charge is 0.362 e. The zero-order valence-corrected chi connectivity index (χ0v) is 15.9. The molecule has 2 N–H and O–H groups in total. The van der Waals surface area contributed by atoms with Crippen LogP contribution in [0, 0.1) is 6.92 Å². The molecule has 0 spiro atoms. The van der Waals surface area contributed by atoms with Gasteiger partial charge < -0.3 is 10.6 Å². The number of carbonyl (C=O) groups excluding carboxylic acids is 1. The van der Waals surface area contributed by atoms with Gasteiger partial charge in [-0.05, 0) is 31.0 Å². The highest BCUT2D eigenvalue weighted by Crippen LogP contribution is 2.31. The Kier molecular flexibility index (Phi) is 9.11. The zero-order valence-electron chi connectivity index (χ0n) is 13.7. The van der Waals surface area contributed by atoms with Crippen LogP contribution < -0.4 is 10.6 Å². The molecule has 0 fully saturated rings. The van der Waals surface area contributed by atoms with Crippen LogP contribution >= 0.6 is 34.8 Å². The molecule has 23 heavy (non-hydrogen) atoms. The van der Waals surface area contributed by atoms with Crippen molar-refractivity contribution in [2.24, 2.45) is 0 Å². The van der Waals surface area contributed by atoms with E-state index in [1.165, 1.54) is 12.8 Å². The Labute approximate surface area is 154 Å². The fourth-order valence-corrected chi connectivity index (χ4v) is 2.55. The Morgan fingerprint density at radius 1 is 1.17 bits per heavy atom.